The number of hydrogen-bond donors (Lipinski definition) is 0. The lowest BCUT2D eigenvalue weighted by Gasteiger charge is -2.30. The maximum absolute atomic E-state index is 6.01. The van der Waals surface area contributed by atoms with E-state index in [1.165, 1.54) is 0 Å². The topological polar surface area (TPSA) is 58.7 Å². The average Bonchev–Trinajstić information content (AvgIpc) is 3.09. The van der Waals surface area contributed by atoms with Crippen molar-refractivity contribution in [2.75, 3.05) is 19.8 Å². The smallest absolute Gasteiger partial charge is 0.303 e. The molecule has 0 aromatic carbocycles. The summed E-state index contributed by atoms with van der Waals surface area (Å²) in [5.41, 5.74) is 0. The van der Waals surface area contributed by atoms with Crippen LogP contribution >= 0.6 is 0 Å². The molecule has 6 nitrogen and oxygen atoms in total. The van der Waals surface area contributed by atoms with E-state index in [9.17, 15) is 0 Å². The first-order chi connectivity index (χ1) is 9.13. The van der Waals surface area contributed by atoms with Crippen LogP contribution in [0.1, 0.15) is 6.42 Å². The lowest BCUT2D eigenvalue weighted by molar-refractivity contribution is 0.116. The van der Waals surface area contributed by atoms with Crippen molar-refractivity contribution in [1.82, 2.24) is 0 Å². The second-order valence-electron chi connectivity index (χ2n) is 4.85. The first kappa shape index (κ1) is 16.0. The highest BCUT2D eigenvalue weighted by molar-refractivity contribution is 6.72. The van der Waals surface area contributed by atoms with E-state index < -0.39 is 37.1 Å². The Kier molecular flexibility index (Phi) is 6.88. The molecule has 3 atom stereocenters. The van der Waals surface area contributed by atoms with Gasteiger partial charge < -0.3 is 25.9 Å². The molecule has 0 aromatic rings. The quantitative estimate of drug-likeness (QED) is 0.374. The molecule has 2 fully saturated rings. The van der Waals surface area contributed by atoms with Gasteiger partial charge in [0.05, 0.1) is 13.2 Å². The summed E-state index contributed by atoms with van der Waals surface area (Å²) in [5, 5.41) is 0. The van der Waals surface area contributed by atoms with E-state index in [1.807, 2.05) is 0 Å². The standard InChI is InChI=1S/C9H24O6Si4/c1-16-12-17(2)14-19(15-18(3)13-16)6-4-5-10-7-9-8-11-9/h9,16-19H,4-8H2,1-3H3. The Labute approximate surface area is 121 Å². The van der Waals surface area contributed by atoms with Gasteiger partial charge in [-0.3, -0.25) is 0 Å². The van der Waals surface area contributed by atoms with Crippen molar-refractivity contribution in [3.8, 4) is 0 Å². The summed E-state index contributed by atoms with van der Waals surface area (Å²) in [7, 11) is -6.19. The van der Waals surface area contributed by atoms with E-state index in [0.29, 0.717) is 6.10 Å². The molecule has 2 aliphatic rings. The third-order valence-corrected chi connectivity index (χ3v) is 15.4. The highest BCUT2D eigenvalue weighted by Gasteiger charge is 2.28. The minimum atomic E-state index is -1.61. The Bertz CT molecular complexity index is 255. The summed E-state index contributed by atoms with van der Waals surface area (Å²) < 4.78 is 34.3. The fourth-order valence-corrected chi connectivity index (χ4v) is 14.6. The van der Waals surface area contributed by atoms with Crippen molar-refractivity contribution in [2.45, 2.75) is 38.2 Å². The summed E-state index contributed by atoms with van der Waals surface area (Å²) in [6.07, 6.45) is 1.33. The average molecular weight is 341 g/mol. The van der Waals surface area contributed by atoms with Crippen molar-refractivity contribution in [3.05, 3.63) is 0 Å². The molecule has 3 unspecified atom stereocenters. The number of epoxide rings is 1. The van der Waals surface area contributed by atoms with Crippen LogP contribution in [-0.2, 0) is 25.9 Å². The zero-order valence-corrected chi connectivity index (χ0v) is 16.5. The molecule has 112 valence electrons. The molecule has 2 aliphatic heterocycles. The highest BCUT2D eigenvalue weighted by atomic mass is 28.5. The van der Waals surface area contributed by atoms with Crippen LogP contribution in [0, 0.1) is 0 Å². The van der Waals surface area contributed by atoms with E-state index in [2.05, 4.69) is 19.6 Å². The first-order valence-corrected chi connectivity index (χ1v) is 15.0. The van der Waals surface area contributed by atoms with Gasteiger partial charge in [-0.05, 0) is 32.1 Å². The van der Waals surface area contributed by atoms with Gasteiger partial charge in [0.1, 0.15) is 6.10 Å². The Morgan fingerprint density at radius 3 is 2.16 bits per heavy atom. The number of ether oxygens (including phenoxy) is 2. The van der Waals surface area contributed by atoms with Crippen molar-refractivity contribution in [1.29, 1.82) is 0 Å². The van der Waals surface area contributed by atoms with Gasteiger partial charge in [-0.25, -0.2) is 0 Å². The van der Waals surface area contributed by atoms with Gasteiger partial charge in [0.25, 0.3) is 27.9 Å². The summed E-state index contributed by atoms with van der Waals surface area (Å²) in [5.74, 6) is 0. The molecule has 0 bridgehead atoms. The van der Waals surface area contributed by atoms with Gasteiger partial charge in [-0.15, -0.1) is 0 Å². The largest absolute Gasteiger partial charge is 0.420 e. The van der Waals surface area contributed by atoms with Gasteiger partial charge in [-0.2, -0.15) is 0 Å². The number of hydrogen-bond acceptors (Lipinski definition) is 6. The fourth-order valence-electron chi connectivity index (χ4n) is 1.96. The van der Waals surface area contributed by atoms with Gasteiger partial charge in [-0.1, -0.05) is 0 Å². The van der Waals surface area contributed by atoms with Crippen LogP contribution in [0.2, 0.25) is 25.7 Å². The minimum Gasteiger partial charge on any atom is -0.420 e. The van der Waals surface area contributed by atoms with Gasteiger partial charge >= 0.3 is 9.28 Å². The predicted molar refractivity (Wildman–Crippen MR) is 80.5 cm³/mol. The Balaban J connectivity index is 1.62. The third kappa shape index (κ3) is 6.75. The molecule has 0 spiro atoms. The normalized spacial score (nSPS) is 39.6. The molecule has 0 aromatic heterocycles. The van der Waals surface area contributed by atoms with E-state index in [1.54, 1.807) is 0 Å². The third-order valence-electron chi connectivity index (χ3n) is 2.89. The van der Waals surface area contributed by atoms with Crippen LogP contribution in [0.4, 0.5) is 0 Å². The lowest BCUT2D eigenvalue weighted by Crippen LogP contribution is -2.45. The zero-order valence-electron chi connectivity index (χ0n) is 11.9. The summed E-state index contributed by atoms with van der Waals surface area (Å²) in [4.78, 5) is 0. The van der Waals surface area contributed by atoms with Crippen LogP contribution in [0.3, 0.4) is 0 Å². The van der Waals surface area contributed by atoms with Gasteiger partial charge in [0, 0.05) is 6.61 Å². The highest BCUT2D eigenvalue weighted by Crippen LogP contribution is 2.12. The van der Waals surface area contributed by atoms with Crippen molar-refractivity contribution >= 4 is 37.1 Å². The van der Waals surface area contributed by atoms with E-state index in [-0.39, 0.29) is 0 Å². The molecule has 0 amide bonds. The molecule has 2 heterocycles. The van der Waals surface area contributed by atoms with Gasteiger partial charge in [0.15, 0.2) is 0 Å². The molecule has 0 aliphatic carbocycles. The molecule has 0 saturated carbocycles. The maximum Gasteiger partial charge on any atom is 0.303 e. The predicted octanol–water partition coefficient (Wildman–Crippen LogP) is -0.357. The van der Waals surface area contributed by atoms with Crippen LogP contribution in [0.15, 0.2) is 0 Å². The van der Waals surface area contributed by atoms with E-state index >= 15 is 0 Å². The first-order valence-electron chi connectivity index (χ1n) is 6.94. The van der Waals surface area contributed by atoms with Crippen LogP contribution in [0.5, 0.6) is 0 Å². The molecule has 2 rings (SSSR count). The lowest BCUT2D eigenvalue weighted by atomic mass is 10.5. The second-order valence-corrected chi connectivity index (χ2v) is 14.0. The fraction of sp³-hybridized carbons (Fsp3) is 1.00. The second kappa shape index (κ2) is 8.16. The van der Waals surface area contributed by atoms with E-state index in [4.69, 9.17) is 25.9 Å². The van der Waals surface area contributed by atoms with Crippen molar-refractivity contribution in [2.24, 2.45) is 0 Å². The molecule has 0 N–H and O–H groups in total. The van der Waals surface area contributed by atoms with E-state index in [0.717, 1.165) is 32.3 Å². The number of rotatable bonds is 6. The Hall–Kier alpha value is 0.628. The van der Waals surface area contributed by atoms with Crippen LogP contribution < -0.4 is 0 Å². The summed E-state index contributed by atoms with van der Waals surface area (Å²) >= 11 is 0. The van der Waals surface area contributed by atoms with Crippen molar-refractivity contribution in [3.63, 3.8) is 0 Å². The summed E-state index contributed by atoms with van der Waals surface area (Å²) in [6.45, 7) is 8.51. The minimum absolute atomic E-state index is 0.347. The van der Waals surface area contributed by atoms with Gasteiger partial charge in [0.2, 0.25) is 0 Å². The Morgan fingerprint density at radius 2 is 1.58 bits per heavy atom. The van der Waals surface area contributed by atoms with Crippen LogP contribution in [-0.4, -0.2) is 63.1 Å². The Morgan fingerprint density at radius 1 is 1.00 bits per heavy atom. The van der Waals surface area contributed by atoms with Crippen molar-refractivity contribution < 1.29 is 25.9 Å². The summed E-state index contributed by atoms with van der Waals surface area (Å²) in [6, 6.07) is 0.975. The zero-order chi connectivity index (χ0) is 13.7. The SMILES string of the molecule is C[SiH]1O[SiH](C)O[SiH](CCCOCC2CO2)O[SiH](C)O1. The maximum atomic E-state index is 6.01. The monoisotopic (exact) mass is 340 g/mol. The molecule has 19 heavy (non-hydrogen) atoms. The van der Waals surface area contributed by atoms with Crippen LogP contribution in [0.25, 0.3) is 0 Å². The molecular weight excluding hydrogens is 316 g/mol. The molecule has 10 heteroatoms. The molecular formula is C9H24O6Si4. The molecule has 2 saturated heterocycles. The molecule has 0 radical (unpaired) electrons.